The maximum Gasteiger partial charge on any atom is 0.118 e. The lowest BCUT2D eigenvalue weighted by molar-refractivity contribution is 0.315. The van der Waals surface area contributed by atoms with Gasteiger partial charge in [0.25, 0.3) is 0 Å². The molecule has 21 heavy (non-hydrogen) atoms. The number of hydrogen-bond acceptors (Lipinski definition) is 3. The second kappa shape index (κ2) is 9.06. The number of nitrogens with zero attached hydrogens (tertiary/aromatic N) is 1. The first-order valence-corrected chi connectivity index (χ1v) is 7.97. The molecule has 0 atom stereocenters. The van der Waals surface area contributed by atoms with E-state index in [1.165, 1.54) is 24.8 Å². The highest BCUT2D eigenvalue weighted by Crippen LogP contribution is 2.12. The van der Waals surface area contributed by atoms with E-state index in [0.29, 0.717) is 0 Å². The summed E-state index contributed by atoms with van der Waals surface area (Å²) in [6.45, 7) is 9.93. The molecule has 0 spiro atoms. The predicted molar refractivity (Wildman–Crippen MR) is 90.9 cm³/mol. The quantitative estimate of drug-likeness (QED) is 0.703. The Labute approximate surface area is 130 Å². The van der Waals surface area contributed by atoms with E-state index in [0.717, 1.165) is 25.4 Å². The highest BCUT2D eigenvalue weighted by atomic mass is 16.5. The molecule has 0 aromatic heterocycles. The summed E-state index contributed by atoms with van der Waals surface area (Å²) in [4.78, 5) is 2.39. The number of ether oxygens (including phenoxy) is 1. The SMILES string of the molecule is COc1ccc(CN(C)CCCCCNC(C)(C)C)cc1. The summed E-state index contributed by atoms with van der Waals surface area (Å²) in [5.41, 5.74) is 1.58. The van der Waals surface area contributed by atoms with Crippen LogP contribution in [0, 0.1) is 0 Å². The maximum absolute atomic E-state index is 5.18. The Kier molecular flexibility index (Phi) is 7.76. The van der Waals surface area contributed by atoms with Crippen molar-refractivity contribution in [1.82, 2.24) is 10.2 Å². The third-order valence-electron chi connectivity index (χ3n) is 3.48. The van der Waals surface area contributed by atoms with E-state index in [9.17, 15) is 0 Å². The van der Waals surface area contributed by atoms with Crippen molar-refractivity contribution >= 4 is 0 Å². The smallest absolute Gasteiger partial charge is 0.118 e. The van der Waals surface area contributed by atoms with E-state index in [1.807, 2.05) is 12.1 Å². The third-order valence-corrected chi connectivity index (χ3v) is 3.48. The zero-order chi connectivity index (χ0) is 15.7. The average molecular weight is 292 g/mol. The van der Waals surface area contributed by atoms with Crippen molar-refractivity contribution in [2.24, 2.45) is 0 Å². The van der Waals surface area contributed by atoms with Gasteiger partial charge in [-0.15, -0.1) is 0 Å². The minimum atomic E-state index is 0.241. The zero-order valence-electron chi connectivity index (χ0n) is 14.4. The van der Waals surface area contributed by atoms with Crippen LogP contribution in [0.3, 0.4) is 0 Å². The van der Waals surface area contributed by atoms with Gasteiger partial charge in [0.15, 0.2) is 0 Å². The third kappa shape index (κ3) is 8.74. The Morgan fingerprint density at radius 2 is 1.71 bits per heavy atom. The molecule has 0 saturated carbocycles. The van der Waals surface area contributed by atoms with Gasteiger partial charge in [-0.25, -0.2) is 0 Å². The van der Waals surface area contributed by atoms with Crippen LogP contribution in [0.25, 0.3) is 0 Å². The fourth-order valence-electron chi connectivity index (χ4n) is 2.27. The van der Waals surface area contributed by atoms with Crippen LogP contribution in [-0.2, 0) is 6.54 Å². The fraction of sp³-hybridized carbons (Fsp3) is 0.667. The summed E-state index contributed by atoms with van der Waals surface area (Å²) in [5.74, 6) is 0.924. The van der Waals surface area contributed by atoms with Crippen molar-refractivity contribution in [2.45, 2.75) is 52.1 Å². The molecule has 0 heterocycles. The topological polar surface area (TPSA) is 24.5 Å². The normalized spacial score (nSPS) is 11.9. The Morgan fingerprint density at radius 3 is 2.29 bits per heavy atom. The van der Waals surface area contributed by atoms with Gasteiger partial charge in [-0.05, 0) is 71.4 Å². The van der Waals surface area contributed by atoms with Gasteiger partial charge in [0.2, 0.25) is 0 Å². The van der Waals surface area contributed by atoms with E-state index in [1.54, 1.807) is 7.11 Å². The van der Waals surface area contributed by atoms with Crippen molar-refractivity contribution in [3.63, 3.8) is 0 Å². The van der Waals surface area contributed by atoms with E-state index >= 15 is 0 Å². The Bertz CT molecular complexity index is 381. The molecule has 0 saturated heterocycles. The van der Waals surface area contributed by atoms with Gasteiger partial charge in [0.1, 0.15) is 5.75 Å². The van der Waals surface area contributed by atoms with E-state index in [-0.39, 0.29) is 5.54 Å². The molecular weight excluding hydrogens is 260 g/mol. The summed E-state index contributed by atoms with van der Waals surface area (Å²) in [5, 5.41) is 3.54. The number of hydrogen-bond donors (Lipinski definition) is 1. The standard InChI is InChI=1S/C18H32N2O/c1-18(2,3)19-13-7-6-8-14-20(4)15-16-9-11-17(21-5)12-10-16/h9-12,19H,6-8,13-15H2,1-5H3. The molecule has 0 aliphatic heterocycles. The molecule has 0 bridgehead atoms. The lowest BCUT2D eigenvalue weighted by atomic mass is 10.1. The second-order valence-electron chi connectivity index (χ2n) is 6.82. The largest absolute Gasteiger partial charge is 0.497 e. The molecule has 1 N–H and O–H groups in total. The molecule has 0 fully saturated rings. The average Bonchev–Trinajstić information content (AvgIpc) is 2.42. The van der Waals surface area contributed by atoms with Gasteiger partial charge in [0.05, 0.1) is 7.11 Å². The molecule has 0 aliphatic carbocycles. The molecule has 3 nitrogen and oxygen atoms in total. The number of benzene rings is 1. The molecule has 1 aromatic carbocycles. The minimum Gasteiger partial charge on any atom is -0.497 e. The molecule has 0 unspecified atom stereocenters. The van der Waals surface area contributed by atoms with Gasteiger partial charge in [-0.3, -0.25) is 0 Å². The van der Waals surface area contributed by atoms with Crippen LogP contribution in [-0.4, -0.2) is 37.7 Å². The van der Waals surface area contributed by atoms with Gasteiger partial charge in [-0.1, -0.05) is 18.6 Å². The highest BCUT2D eigenvalue weighted by molar-refractivity contribution is 5.26. The second-order valence-corrected chi connectivity index (χ2v) is 6.82. The summed E-state index contributed by atoms with van der Waals surface area (Å²) in [6.07, 6.45) is 3.81. The lowest BCUT2D eigenvalue weighted by Gasteiger charge is -2.20. The van der Waals surface area contributed by atoms with Gasteiger partial charge in [-0.2, -0.15) is 0 Å². The van der Waals surface area contributed by atoms with Crippen molar-refractivity contribution < 1.29 is 4.74 Å². The summed E-state index contributed by atoms with van der Waals surface area (Å²) >= 11 is 0. The minimum absolute atomic E-state index is 0.241. The number of methoxy groups -OCH3 is 1. The Morgan fingerprint density at radius 1 is 1.05 bits per heavy atom. The molecule has 0 amide bonds. The number of rotatable bonds is 9. The van der Waals surface area contributed by atoms with Gasteiger partial charge < -0.3 is 15.0 Å². The number of nitrogens with one attached hydrogen (secondary N) is 1. The summed E-state index contributed by atoms with van der Waals surface area (Å²) in [6, 6.07) is 8.34. The lowest BCUT2D eigenvalue weighted by Crippen LogP contribution is -2.36. The Hall–Kier alpha value is -1.06. The molecule has 1 aromatic rings. The zero-order valence-corrected chi connectivity index (χ0v) is 14.4. The number of unbranched alkanes of at least 4 members (excludes halogenated alkanes) is 2. The molecule has 3 heteroatoms. The van der Waals surface area contributed by atoms with Gasteiger partial charge >= 0.3 is 0 Å². The molecule has 0 radical (unpaired) electrons. The molecule has 0 aliphatic rings. The highest BCUT2D eigenvalue weighted by Gasteiger charge is 2.07. The monoisotopic (exact) mass is 292 g/mol. The Balaban J connectivity index is 2.12. The van der Waals surface area contributed by atoms with Crippen LogP contribution in [0.1, 0.15) is 45.6 Å². The first-order chi connectivity index (χ1) is 9.90. The van der Waals surface area contributed by atoms with Gasteiger partial charge in [0, 0.05) is 12.1 Å². The predicted octanol–water partition coefficient (Wildman–Crippen LogP) is 3.69. The first kappa shape index (κ1) is 18.0. The van der Waals surface area contributed by atoms with Crippen molar-refractivity contribution in [3.8, 4) is 5.75 Å². The van der Waals surface area contributed by atoms with E-state index < -0.39 is 0 Å². The van der Waals surface area contributed by atoms with Crippen LogP contribution < -0.4 is 10.1 Å². The molecular formula is C18H32N2O. The fourth-order valence-corrected chi connectivity index (χ4v) is 2.27. The van der Waals surface area contributed by atoms with Crippen LogP contribution in [0.5, 0.6) is 5.75 Å². The summed E-state index contributed by atoms with van der Waals surface area (Å²) in [7, 11) is 3.90. The van der Waals surface area contributed by atoms with Crippen LogP contribution in [0.4, 0.5) is 0 Å². The van der Waals surface area contributed by atoms with Crippen LogP contribution in [0.15, 0.2) is 24.3 Å². The summed E-state index contributed by atoms with van der Waals surface area (Å²) < 4.78 is 5.18. The first-order valence-electron chi connectivity index (χ1n) is 7.97. The molecule has 1 rings (SSSR count). The molecule has 120 valence electrons. The van der Waals surface area contributed by atoms with E-state index in [2.05, 4.69) is 50.2 Å². The van der Waals surface area contributed by atoms with Crippen molar-refractivity contribution in [1.29, 1.82) is 0 Å². The van der Waals surface area contributed by atoms with Crippen LogP contribution >= 0.6 is 0 Å². The van der Waals surface area contributed by atoms with Crippen molar-refractivity contribution in [2.75, 3.05) is 27.2 Å². The van der Waals surface area contributed by atoms with Crippen molar-refractivity contribution in [3.05, 3.63) is 29.8 Å². The van der Waals surface area contributed by atoms with E-state index in [4.69, 9.17) is 4.74 Å². The van der Waals surface area contributed by atoms with Crippen LogP contribution in [0.2, 0.25) is 0 Å². The maximum atomic E-state index is 5.18.